The molecule has 49 heavy (non-hydrogen) atoms. The SMILES string of the molecule is COCCCN1CCOc2ccc(CO[C@H]3CN(C(=O)OCc4ccccc4)C[C@@H](CO)[C@@H]3c3ccc(COC[C@@H](C)COC)cc3)cc21. The highest BCUT2D eigenvalue weighted by atomic mass is 16.6. The average molecular weight is 677 g/mol. The van der Waals surface area contributed by atoms with Crippen molar-refractivity contribution in [1.82, 2.24) is 4.90 Å². The van der Waals surface area contributed by atoms with Crippen molar-refractivity contribution in [3.05, 3.63) is 95.1 Å². The summed E-state index contributed by atoms with van der Waals surface area (Å²) in [5.41, 5.74) is 5.11. The molecule has 5 rings (SSSR count). The van der Waals surface area contributed by atoms with Crippen molar-refractivity contribution in [1.29, 1.82) is 0 Å². The third kappa shape index (κ3) is 10.4. The van der Waals surface area contributed by atoms with E-state index in [1.165, 1.54) is 0 Å². The Morgan fingerprint density at radius 1 is 0.918 bits per heavy atom. The standard InChI is InChI=1S/C39H52N2O8/c1-29(24-45-3)25-46-26-31-10-13-33(14-11-31)38-34(23-42)21-41(39(43)49-27-30-8-5-4-6-9-30)22-37(38)48-28-32-12-15-36-35(20-32)40(17-19-47-36)16-7-18-44-2/h4-6,8-15,20,29,34,37-38,42H,7,16-19,21-28H2,1-3H3/t29-,34-,37-,38-/m0/s1. The van der Waals surface area contributed by atoms with E-state index in [1.807, 2.05) is 42.5 Å². The number of benzene rings is 3. The highest BCUT2D eigenvalue weighted by molar-refractivity contribution is 5.68. The smallest absolute Gasteiger partial charge is 0.410 e. The molecule has 0 aromatic heterocycles. The van der Waals surface area contributed by atoms with Gasteiger partial charge in [-0.3, -0.25) is 0 Å². The van der Waals surface area contributed by atoms with Gasteiger partial charge in [-0.05, 0) is 40.8 Å². The quantitative estimate of drug-likeness (QED) is 0.182. The molecular weight excluding hydrogens is 624 g/mol. The Hall–Kier alpha value is -3.67. The summed E-state index contributed by atoms with van der Waals surface area (Å²) in [4.78, 5) is 17.4. The molecule has 0 unspecified atom stereocenters. The van der Waals surface area contributed by atoms with Gasteiger partial charge in [0, 0.05) is 58.3 Å². The van der Waals surface area contributed by atoms with Crippen LogP contribution in [0, 0.1) is 11.8 Å². The number of fused-ring (bicyclic) bond motifs is 1. The third-order valence-corrected chi connectivity index (χ3v) is 9.17. The van der Waals surface area contributed by atoms with Gasteiger partial charge in [0.25, 0.3) is 0 Å². The highest BCUT2D eigenvalue weighted by Crippen LogP contribution is 2.37. The number of carbonyl (C=O) groups is 1. The number of anilines is 1. The lowest BCUT2D eigenvalue weighted by Crippen LogP contribution is -2.52. The Morgan fingerprint density at radius 3 is 2.45 bits per heavy atom. The first-order valence-electron chi connectivity index (χ1n) is 17.3. The zero-order valence-electron chi connectivity index (χ0n) is 29.1. The molecule has 10 nitrogen and oxygen atoms in total. The number of amides is 1. The molecule has 3 aromatic carbocycles. The first-order chi connectivity index (χ1) is 24.0. The predicted octanol–water partition coefficient (Wildman–Crippen LogP) is 5.65. The molecule has 3 aromatic rings. The van der Waals surface area contributed by atoms with E-state index in [2.05, 4.69) is 42.2 Å². The summed E-state index contributed by atoms with van der Waals surface area (Å²) in [6, 6.07) is 24.2. The van der Waals surface area contributed by atoms with Gasteiger partial charge in [0.1, 0.15) is 19.0 Å². The van der Waals surface area contributed by atoms with Gasteiger partial charge in [0.05, 0.1) is 51.3 Å². The summed E-state index contributed by atoms with van der Waals surface area (Å²) in [5.74, 6) is 0.811. The Morgan fingerprint density at radius 2 is 1.69 bits per heavy atom. The minimum atomic E-state index is -0.415. The van der Waals surface area contributed by atoms with Crippen molar-refractivity contribution in [2.24, 2.45) is 11.8 Å². The first kappa shape index (κ1) is 36.6. The third-order valence-electron chi connectivity index (χ3n) is 9.17. The molecule has 0 saturated carbocycles. The van der Waals surface area contributed by atoms with Crippen LogP contribution < -0.4 is 9.64 Å². The number of aliphatic hydroxyl groups excluding tert-OH is 1. The Kier molecular flexibility index (Phi) is 14.1. The van der Waals surface area contributed by atoms with Crippen LogP contribution in [0.5, 0.6) is 5.75 Å². The maximum atomic E-state index is 13.4. The molecule has 1 fully saturated rings. The summed E-state index contributed by atoms with van der Waals surface area (Å²) in [6.45, 7) is 8.08. The van der Waals surface area contributed by atoms with Crippen LogP contribution >= 0.6 is 0 Å². The molecule has 0 spiro atoms. The van der Waals surface area contributed by atoms with Crippen LogP contribution in [0.4, 0.5) is 10.5 Å². The Bertz CT molecular complexity index is 1420. The maximum Gasteiger partial charge on any atom is 0.410 e. The van der Waals surface area contributed by atoms with E-state index in [0.717, 1.165) is 53.2 Å². The van der Waals surface area contributed by atoms with E-state index in [9.17, 15) is 9.90 Å². The second kappa shape index (κ2) is 18.9. The molecule has 266 valence electrons. The number of nitrogens with zero attached hydrogens (tertiary/aromatic N) is 2. The summed E-state index contributed by atoms with van der Waals surface area (Å²) < 4.78 is 34.8. The van der Waals surface area contributed by atoms with Gasteiger partial charge in [-0.15, -0.1) is 0 Å². The van der Waals surface area contributed by atoms with Crippen LogP contribution in [0.2, 0.25) is 0 Å². The number of piperidine rings is 1. The fourth-order valence-corrected chi connectivity index (χ4v) is 6.67. The lowest BCUT2D eigenvalue weighted by atomic mass is 9.78. The molecule has 0 radical (unpaired) electrons. The van der Waals surface area contributed by atoms with Crippen molar-refractivity contribution in [2.75, 3.05) is 78.3 Å². The second-order valence-corrected chi connectivity index (χ2v) is 13.1. The fourth-order valence-electron chi connectivity index (χ4n) is 6.67. The first-order valence-corrected chi connectivity index (χ1v) is 17.3. The number of hydrogen-bond acceptors (Lipinski definition) is 9. The molecule has 1 N–H and O–H groups in total. The highest BCUT2D eigenvalue weighted by Gasteiger charge is 2.40. The molecule has 2 heterocycles. The molecule has 2 aliphatic rings. The minimum Gasteiger partial charge on any atom is -0.490 e. The number of rotatable bonds is 17. The number of aliphatic hydroxyl groups is 1. The van der Waals surface area contributed by atoms with E-state index in [-0.39, 0.29) is 31.2 Å². The van der Waals surface area contributed by atoms with Crippen molar-refractivity contribution in [3.63, 3.8) is 0 Å². The number of methoxy groups -OCH3 is 2. The molecule has 0 bridgehead atoms. The molecule has 2 aliphatic heterocycles. The van der Waals surface area contributed by atoms with Crippen LogP contribution in [0.25, 0.3) is 0 Å². The molecule has 1 saturated heterocycles. The number of carbonyl (C=O) groups excluding carboxylic acids is 1. The summed E-state index contributed by atoms with van der Waals surface area (Å²) >= 11 is 0. The van der Waals surface area contributed by atoms with E-state index in [4.69, 9.17) is 28.4 Å². The summed E-state index contributed by atoms with van der Waals surface area (Å²) in [5, 5.41) is 10.7. The van der Waals surface area contributed by atoms with E-state index < -0.39 is 6.09 Å². The number of ether oxygens (including phenoxy) is 6. The van der Waals surface area contributed by atoms with Gasteiger partial charge in [-0.1, -0.05) is 67.6 Å². The number of hydrogen-bond donors (Lipinski definition) is 1. The van der Waals surface area contributed by atoms with Crippen molar-refractivity contribution in [3.8, 4) is 5.75 Å². The topological polar surface area (TPSA) is 99.2 Å². The largest absolute Gasteiger partial charge is 0.490 e. The fraction of sp³-hybridized carbons (Fsp3) is 0.513. The lowest BCUT2D eigenvalue weighted by molar-refractivity contribution is -0.0521. The Balaban J connectivity index is 1.31. The Labute approximate surface area is 290 Å². The monoisotopic (exact) mass is 676 g/mol. The average Bonchev–Trinajstić information content (AvgIpc) is 3.13. The van der Waals surface area contributed by atoms with Crippen LogP contribution in [-0.4, -0.2) is 95.6 Å². The van der Waals surface area contributed by atoms with E-state index >= 15 is 0 Å². The van der Waals surface area contributed by atoms with E-state index in [1.54, 1.807) is 19.1 Å². The van der Waals surface area contributed by atoms with Crippen LogP contribution in [0.3, 0.4) is 0 Å². The number of likely N-dealkylation sites (tertiary alicyclic amines) is 1. The van der Waals surface area contributed by atoms with Crippen molar-refractivity contribution < 1.29 is 38.3 Å². The van der Waals surface area contributed by atoms with Gasteiger partial charge in [-0.2, -0.15) is 0 Å². The van der Waals surface area contributed by atoms with Gasteiger partial charge < -0.3 is 43.3 Å². The molecule has 10 heteroatoms. The van der Waals surface area contributed by atoms with Crippen LogP contribution in [0.15, 0.2) is 72.8 Å². The van der Waals surface area contributed by atoms with Gasteiger partial charge in [0.15, 0.2) is 0 Å². The zero-order chi connectivity index (χ0) is 34.4. The van der Waals surface area contributed by atoms with Crippen LogP contribution in [0.1, 0.15) is 41.5 Å². The lowest BCUT2D eigenvalue weighted by Gasteiger charge is -2.43. The molecule has 4 atom stereocenters. The second-order valence-electron chi connectivity index (χ2n) is 13.1. The normalized spacial score (nSPS) is 19.6. The van der Waals surface area contributed by atoms with Gasteiger partial charge >= 0.3 is 6.09 Å². The minimum absolute atomic E-state index is 0.0954. The van der Waals surface area contributed by atoms with E-state index in [0.29, 0.717) is 58.6 Å². The summed E-state index contributed by atoms with van der Waals surface area (Å²) in [7, 11) is 3.42. The molecular formula is C39H52N2O8. The van der Waals surface area contributed by atoms with Crippen molar-refractivity contribution in [2.45, 2.75) is 45.2 Å². The van der Waals surface area contributed by atoms with Crippen LogP contribution in [-0.2, 0) is 43.5 Å². The predicted molar refractivity (Wildman–Crippen MR) is 188 cm³/mol. The van der Waals surface area contributed by atoms with Gasteiger partial charge in [-0.25, -0.2) is 4.79 Å². The maximum absolute atomic E-state index is 13.4. The van der Waals surface area contributed by atoms with Crippen molar-refractivity contribution >= 4 is 11.8 Å². The zero-order valence-corrected chi connectivity index (χ0v) is 29.1. The van der Waals surface area contributed by atoms with Gasteiger partial charge in [0.2, 0.25) is 0 Å². The molecule has 1 amide bonds. The summed E-state index contributed by atoms with van der Waals surface area (Å²) in [6.07, 6.45) is 0.135. The molecule has 0 aliphatic carbocycles.